The van der Waals surface area contributed by atoms with Crippen molar-refractivity contribution in [3.05, 3.63) is 11.8 Å². The second kappa shape index (κ2) is 3.07. The van der Waals surface area contributed by atoms with E-state index in [1.807, 2.05) is 0 Å². The van der Waals surface area contributed by atoms with Crippen molar-refractivity contribution in [1.82, 2.24) is 0 Å². The maximum Gasteiger partial charge on any atom is 0.137 e. The third-order valence-corrected chi connectivity index (χ3v) is 0.683. The molecule has 0 aliphatic heterocycles. The Labute approximate surface area is 47.6 Å². The lowest BCUT2D eigenvalue weighted by Gasteiger charge is -2.03. The van der Waals surface area contributed by atoms with E-state index in [4.69, 9.17) is 0 Å². The topological polar surface area (TPSA) is 49.4 Å². The van der Waals surface area contributed by atoms with Gasteiger partial charge in [0.05, 0.1) is 7.11 Å². The number of hydrogen-bond donors (Lipinski definition) is 0. The van der Waals surface area contributed by atoms with E-state index < -0.39 is 5.97 Å². The predicted octanol–water partition coefficient (Wildman–Crippen LogP) is -0.714. The number of ether oxygens (including phenoxy) is 1. The summed E-state index contributed by atoms with van der Waals surface area (Å²) in [4.78, 5) is 9.86. The van der Waals surface area contributed by atoms with Crippen LogP contribution in [0.5, 0.6) is 0 Å². The first-order chi connectivity index (χ1) is 3.72. The molecule has 0 aromatic carbocycles. The van der Waals surface area contributed by atoms with Crippen LogP contribution in [-0.2, 0) is 9.53 Å². The molecule has 0 heterocycles. The molecule has 8 heavy (non-hydrogen) atoms. The Hall–Kier alpha value is -0.990. The van der Waals surface area contributed by atoms with Crippen molar-refractivity contribution in [2.24, 2.45) is 0 Å². The highest BCUT2D eigenvalue weighted by atomic mass is 16.5. The third-order valence-electron chi connectivity index (χ3n) is 0.683. The zero-order valence-corrected chi connectivity index (χ0v) is 4.80. The van der Waals surface area contributed by atoms with Crippen LogP contribution >= 0.6 is 0 Å². The predicted molar refractivity (Wildman–Crippen MR) is 25.8 cm³/mol. The molecular weight excluding hydrogens is 108 g/mol. The zero-order chi connectivity index (χ0) is 6.57. The number of allylic oxidation sites excluding steroid dienone is 1. The van der Waals surface area contributed by atoms with Gasteiger partial charge in [-0.1, -0.05) is 0 Å². The summed E-state index contributed by atoms with van der Waals surface area (Å²) >= 11 is 0. The maximum atomic E-state index is 9.86. The van der Waals surface area contributed by atoms with Crippen molar-refractivity contribution in [1.29, 1.82) is 0 Å². The number of carboxylic acids is 1. The zero-order valence-electron chi connectivity index (χ0n) is 4.80. The van der Waals surface area contributed by atoms with Crippen molar-refractivity contribution in [3.8, 4) is 0 Å². The average Bonchev–Trinajstić information content (AvgIpc) is 1.69. The van der Waals surface area contributed by atoms with E-state index in [1.165, 1.54) is 13.2 Å². The third kappa shape index (κ3) is 1.64. The van der Waals surface area contributed by atoms with Crippen LogP contribution in [-0.4, -0.2) is 13.1 Å². The highest BCUT2D eigenvalue weighted by Gasteiger charge is 1.89. The molecule has 0 N–H and O–H groups in total. The van der Waals surface area contributed by atoms with E-state index in [1.54, 1.807) is 6.92 Å². The van der Waals surface area contributed by atoms with Crippen molar-refractivity contribution >= 4 is 5.97 Å². The summed E-state index contributed by atoms with van der Waals surface area (Å²) in [5.41, 5.74) is 0. The fraction of sp³-hybridized carbons (Fsp3) is 0.400. The second-order valence-corrected chi connectivity index (χ2v) is 1.14. The Morgan fingerprint density at radius 1 is 1.75 bits per heavy atom. The minimum Gasteiger partial charge on any atom is -0.542 e. The molecule has 0 fully saturated rings. The minimum atomic E-state index is -1.28. The summed E-state index contributed by atoms with van der Waals surface area (Å²) in [5, 5.41) is 9.86. The maximum absolute atomic E-state index is 9.86. The molecule has 3 heteroatoms. The number of carboxylic acid groups (broad SMARTS) is 1. The minimum absolute atomic E-state index is 0.134. The van der Waals surface area contributed by atoms with Gasteiger partial charge in [-0.15, -0.1) is 0 Å². The van der Waals surface area contributed by atoms with Crippen LogP contribution in [0.3, 0.4) is 0 Å². The molecule has 0 bridgehead atoms. The van der Waals surface area contributed by atoms with Crippen molar-refractivity contribution < 1.29 is 14.6 Å². The largest absolute Gasteiger partial charge is 0.542 e. The molecule has 0 rings (SSSR count). The number of carbonyl (C=O) groups is 1. The quantitative estimate of drug-likeness (QED) is 0.352. The summed E-state index contributed by atoms with van der Waals surface area (Å²) in [7, 11) is 1.28. The highest BCUT2D eigenvalue weighted by molar-refractivity contribution is 5.81. The van der Waals surface area contributed by atoms with Crippen molar-refractivity contribution in [3.63, 3.8) is 0 Å². The van der Waals surface area contributed by atoms with E-state index in [0.29, 0.717) is 0 Å². The monoisotopic (exact) mass is 115 g/mol. The number of carbonyl (C=O) groups excluding carboxylic acids is 1. The number of methoxy groups -OCH3 is 1. The summed E-state index contributed by atoms with van der Waals surface area (Å²) in [6.07, 6.45) is 1.33. The molecule has 0 aliphatic rings. The Kier molecular flexibility index (Phi) is 2.69. The van der Waals surface area contributed by atoms with Gasteiger partial charge in [0.25, 0.3) is 0 Å². The highest BCUT2D eigenvalue weighted by Crippen LogP contribution is 1.89. The van der Waals surface area contributed by atoms with Gasteiger partial charge in [-0.3, -0.25) is 0 Å². The lowest BCUT2D eigenvalue weighted by molar-refractivity contribution is -0.302. The summed E-state index contributed by atoms with van der Waals surface area (Å²) < 4.78 is 4.36. The fourth-order valence-corrected chi connectivity index (χ4v) is 0.319. The SMILES string of the molecule is C/C=C(\OC)C(=O)[O-]. The molecule has 0 atom stereocenters. The van der Waals surface area contributed by atoms with E-state index in [9.17, 15) is 9.90 Å². The number of aliphatic carboxylic acids is 1. The summed E-state index contributed by atoms with van der Waals surface area (Å²) in [6.45, 7) is 1.56. The molecule has 0 spiro atoms. The van der Waals surface area contributed by atoms with E-state index in [0.717, 1.165) is 0 Å². The second-order valence-electron chi connectivity index (χ2n) is 1.14. The van der Waals surface area contributed by atoms with Crippen LogP contribution in [0, 0.1) is 0 Å². The molecule has 0 saturated carbocycles. The molecule has 0 unspecified atom stereocenters. The molecule has 0 aromatic rings. The van der Waals surface area contributed by atoms with Crippen LogP contribution in [0.15, 0.2) is 11.8 Å². The number of rotatable bonds is 2. The van der Waals surface area contributed by atoms with Crippen LogP contribution in [0.2, 0.25) is 0 Å². The van der Waals surface area contributed by atoms with Crippen LogP contribution in [0.1, 0.15) is 6.92 Å². The Morgan fingerprint density at radius 3 is 2.25 bits per heavy atom. The van der Waals surface area contributed by atoms with Gasteiger partial charge in [-0.2, -0.15) is 0 Å². The van der Waals surface area contributed by atoms with E-state index in [2.05, 4.69) is 4.74 Å². The smallest absolute Gasteiger partial charge is 0.137 e. The van der Waals surface area contributed by atoms with Gasteiger partial charge in [-0.05, 0) is 13.0 Å². The molecule has 0 aliphatic carbocycles. The van der Waals surface area contributed by atoms with E-state index in [-0.39, 0.29) is 5.76 Å². The first-order valence-electron chi connectivity index (χ1n) is 2.14. The number of hydrogen-bond acceptors (Lipinski definition) is 3. The first-order valence-corrected chi connectivity index (χ1v) is 2.14. The molecule has 0 saturated heterocycles. The van der Waals surface area contributed by atoms with Gasteiger partial charge in [0, 0.05) is 0 Å². The normalized spacial score (nSPS) is 11.0. The van der Waals surface area contributed by atoms with Gasteiger partial charge in [0.15, 0.2) is 0 Å². The first kappa shape index (κ1) is 7.01. The van der Waals surface area contributed by atoms with Crippen molar-refractivity contribution in [2.75, 3.05) is 7.11 Å². The Morgan fingerprint density at radius 2 is 2.25 bits per heavy atom. The summed E-state index contributed by atoms with van der Waals surface area (Å²) in [6, 6.07) is 0. The Bertz CT molecular complexity index is 115. The molecular formula is C5H7O3-. The van der Waals surface area contributed by atoms with Crippen LogP contribution in [0.4, 0.5) is 0 Å². The van der Waals surface area contributed by atoms with Gasteiger partial charge in [0.2, 0.25) is 0 Å². The van der Waals surface area contributed by atoms with Gasteiger partial charge in [0.1, 0.15) is 11.7 Å². The molecule has 46 valence electrons. The van der Waals surface area contributed by atoms with Crippen LogP contribution < -0.4 is 5.11 Å². The average molecular weight is 115 g/mol. The standard InChI is InChI=1S/C5H8O3/c1-3-4(8-2)5(6)7/h3H,1-2H3,(H,6,7)/p-1/b4-3-. The summed E-state index contributed by atoms with van der Waals surface area (Å²) in [5.74, 6) is -1.42. The van der Waals surface area contributed by atoms with Crippen LogP contribution in [0.25, 0.3) is 0 Å². The van der Waals surface area contributed by atoms with Gasteiger partial charge >= 0.3 is 0 Å². The molecule has 3 nitrogen and oxygen atoms in total. The lowest BCUT2D eigenvalue weighted by atomic mass is 10.5. The van der Waals surface area contributed by atoms with Gasteiger partial charge < -0.3 is 14.6 Å². The Balaban J connectivity index is 3.92. The molecule has 0 radical (unpaired) electrons. The lowest BCUT2D eigenvalue weighted by Crippen LogP contribution is -2.25. The van der Waals surface area contributed by atoms with Crippen molar-refractivity contribution in [2.45, 2.75) is 6.92 Å². The fourth-order valence-electron chi connectivity index (χ4n) is 0.319. The van der Waals surface area contributed by atoms with Gasteiger partial charge in [-0.25, -0.2) is 0 Å². The molecule has 0 amide bonds. The van der Waals surface area contributed by atoms with E-state index >= 15 is 0 Å². The molecule has 0 aromatic heterocycles.